The van der Waals surface area contributed by atoms with Gasteiger partial charge in [-0.3, -0.25) is 4.90 Å². The molecule has 2 aromatic rings. The van der Waals surface area contributed by atoms with E-state index in [9.17, 15) is 0 Å². The molecule has 3 rings (SSSR count). The lowest BCUT2D eigenvalue weighted by Crippen LogP contribution is -2.44. The highest BCUT2D eigenvalue weighted by Crippen LogP contribution is 2.29. The molecule has 1 aliphatic rings. The SMILES string of the molecule is C[C@H]1C[C@@H](N(Cc2ccccc2)Cc2ccccc2)CC[C@@H]1N. The van der Waals surface area contributed by atoms with Crippen LogP contribution in [0.15, 0.2) is 60.7 Å². The van der Waals surface area contributed by atoms with Crippen LogP contribution in [0.2, 0.25) is 0 Å². The van der Waals surface area contributed by atoms with Gasteiger partial charge in [0.15, 0.2) is 0 Å². The van der Waals surface area contributed by atoms with Gasteiger partial charge in [0.1, 0.15) is 0 Å². The number of hydrogen-bond donors (Lipinski definition) is 1. The van der Waals surface area contributed by atoms with E-state index in [-0.39, 0.29) is 0 Å². The molecule has 0 heterocycles. The monoisotopic (exact) mass is 308 g/mol. The van der Waals surface area contributed by atoms with E-state index in [0.29, 0.717) is 18.0 Å². The van der Waals surface area contributed by atoms with Crippen molar-refractivity contribution >= 4 is 0 Å². The largest absolute Gasteiger partial charge is 0.327 e. The second kappa shape index (κ2) is 7.76. The van der Waals surface area contributed by atoms with E-state index in [1.54, 1.807) is 0 Å². The summed E-state index contributed by atoms with van der Waals surface area (Å²) in [6, 6.07) is 22.7. The Morgan fingerprint density at radius 1 is 0.870 bits per heavy atom. The summed E-state index contributed by atoms with van der Waals surface area (Å²) in [6.45, 7) is 4.34. The second-order valence-electron chi connectivity index (χ2n) is 6.98. The zero-order valence-electron chi connectivity index (χ0n) is 14.1. The Morgan fingerprint density at radius 3 is 1.87 bits per heavy atom. The topological polar surface area (TPSA) is 29.3 Å². The van der Waals surface area contributed by atoms with Crippen molar-refractivity contribution in [1.29, 1.82) is 0 Å². The van der Waals surface area contributed by atoms with Crippen molar-refractivity contribution in [2.24, 2.45) is 11.7 Å². The summed E-state index contributed by atoms with van der Waals surface area (Å²) in [5.74, 6) is 0.614. The molecule has 0 aromatic heterocycles. The minimum atomic E-state index is 0.376. The first kappa shape index (κ1) is 16.2. The normalized spacial score (nSPS) is 24.7. The second-order valence-corrected chi connectivity index (χ2v) is 6.98. The molecule has 0 unspecified atom stereocenters. The van der Waals surface area contributed by atoms with Crippen molar-refractivity contribution in [1.82, 2.24) is 4.90 Å². The Hall–Kier alpha value is -1.64. The molecule has 1 fully saturated rings. The number of rotatable bonds is 5. The van der Waals surface area contributed by atoms with E-state index in [4.69, 9.17) is 5.73 Å². The van der Waals surface area contributed by atoms with Crippen LogP contribution in [0.25, 0.3) is 0 Å². The number of hydrogen-bond acceptors (Lipinski definition) is 2. The molecule has 0 bridgehead atoms. The fourth-order valence-electron chi connectivity index (χ4n) is 3.67. The Balaban J connectivity index is 1.75. The van der Waals surface area contributed by atoms with Crippen LogP contribution < -0.4 is 5.73 Å². The Bertz CT molecular complexity index is 540. The van der Waals surface area contributed by atoms with Gasteiger partial charge in [-0.1, -0.05) is 67.6 Å². The summed E-state index contributed by atoms with van der Waals surface area (Å²) in [5, 5.41) is 0. The summed E-state index contributed by atoms with van der Waals surface area (Å²) >= 11 is 0. The van der Waals surface area contributed by atoms with Crippen molar-refractivity contribution in [3.05, 3.63) is 71.8 Å². The standard InChI is InChI=1S/C21H28N2/c1-17-14-20(12-13-21(17)22)23(15-18-8-4-2-5-9-18)16-19-10-6-3-7-11-19/h2-11,17,20-21H,12-16,22H2,1H3/t17-,20-,21-/m0/s1. The summed E-state index contributed by atoms with van der Waals surface area (Å²) in [6.07, 6.45) is 3.57. The van der Waals surface area contributed by atoms with E-state index in [2.05, 4.69) is 72.5 Å². The van der Waals surface area contributed by atoms with Crippen molar-refractivity contribution in [2.45, 2.75) is 51.4 Å². The van der Waals surface area contributed by atoms with Gasteiger partial charge in [-0.25, -0.2) is 0 Å². The van der Waals surface area contributed by atoms with E-state index in [0.717, 1.165) is 19.5 Å². The predicted octanol–water partition coefficient (Wildman–Crippen LogP) is 4.20. The lowest BCUT2D eigenvalue weighted by Gasteiger charge is -2.39. The smallest absolute Gasteiger partial charge is 0.0240 e. The van der Waals surface area contributed by atoms with Crippen LogP contribution in [0.5, 0.6) is 0 Å². The maximum atomic E-state index is 6.23. The van der Waals surface area contributed by atoms with Crippen LogP contribution in [-0.4, -0.2) is 17.0 Å². The van der Waals surface area contributed by atoms with Gasteiger partial charge in [0.05, 0.1) is 0 Å². The van der Waals surface area contributed by atoms with Crippen LogP contribution in [0, 0.1) is 5.92 Å². The first-order chi connectivity index (χ1) is 11.2. The van der Waals surface area contributed by atoms with E-state index in [1.807, 2.05) is 0 Å². The van der Waals surface area contributed by atoms with Gasteiger partial charge in [0.25, 0.3) is 0 Å². The maximum Gasteiger partial charge on any atom is 0.0240 e. The van der Waals surface area contributed by atoms with Gasteiger partial charge in [-0.05, 0) is 36.3 Å². The van der Waals surface area contributed by atoms with Crippen LogP contribution in [0.3, 0.4) is 0 Å². The summed E-state index contributed by atoms with van der Waals surface area (Å²) in [7, 11) is 0. The van der Waals surface area contributed by atoms with E-state index < -0.39 is 0 Å². The minimum Gasteiger partial charge on any atom is -0.327 e. The highest BCUT2D eigenvalue weighted by molar-refractivity contribution is 5.17. The fraction of sp³-hybridized carbons (Fsp3) is 0.429. The Morgan fingerprint density at radius 2 is 1.39 bits per heavy atom. The first-order valence-electron chi connectivity index (χ1n) is 8.80. The molecule has 2 heteroatoms. The molecule has 1 aliphatic carbocycles. The van der Waals surface area contributed by atoms with Gasteiger partial charge in [-0.2, -0.15) is 0 Å². The molecule has 23 heavy (non-hydrogen) atoms. The van der Waals surface area contributed by atoms with Gasteiger partial charge in [0, 0.05) is 25.2 Å². The molecule has 0 radical (unpaired) electrons. The summed E-state index contributed by atoms with van der Waals surface area (Å²) < 4.78 is 0. The molecule has 1 saturated carbocycles. The van der Waals surface area contributed by atoms with Crippen LogP contribution >= 0.6 is 0 Å². The summed E-state index contributed by atoms with van der Waals surface area (Å²) in [5.41, 5.74) is 9.02. The lowest BCUT2D eigenvalue weighted by molar-refractivity contribution is 0.110. The number of benzene rings is 2. The Labute approximate surface area is 140 Å². The average Bonchev–Trinajstić information content (AvgIpc) is 2.59. The van der Waals surface area contributed by atoms with Crippen LogP contribution in [0.4, 0.5) is 0 Å². The molecular weight excluding hydrogens is 280 g/mol. The van der Waals surface area contributed by atoms with Gasteiger partial charge in [-0.15, -0.1) is 0 Å². The highest BCUT2D eigenvalue weighted by Gasteiger charge is 2.29. The van der Waals surface area contributed by atoms with E-state index in [1.165, 1.54) is 24.0 Å². The molecule has 2 nitrogen and oxygen atoms in total. The van der Waals surface area contributed by atoms with Gasteiger partial charge in [0.2, 0.25) is 0 Å². The minimum absolute atomic E-state index is 0.376. The first-order valence-corrected chi connectivity index (χ1v) is 8.80. The fourth-order valence-corrected chi connectivity index (χ4v) is 3.67. The zero-order chi connectivity index (χ0) is 16.1. The lowest BCUT2D eigenvalue weighted by atomic mass is 9.82. The van der Waals surface area contributed by atoms with Crippen molar-refractivity contribution < 1.29 is 0 Å². The molecule has 2 aromatic carbocycles. The number of nitrogens with two attached hydrogens (primary N) is 1. The molecular formula is C21H28N2. The third kappa shape index (κ3) is 4.43. The molecule has 0 saturated heterocycles. The van der Waals surface area contributed by atoms with Gasteiger partial charge >= 0.3 is 0 Å². The molecule has 122 valence electrons. The van der Waals surface area contributed by atoms with Gasteiger partial charge < -0.3 is 5.73 Å². The van der Waals surface area contributed by atoms with E-state index >= 15 is 0 Å². The quantitative estimate of drug-likeness (QED) is 0.896. The highest BCUT2D eigenvalue weighted by atomic mass is 15.2. The maximum absolute atomic E-state index is 6.23. The van der Waals surface area contributed by atoms with Crippen molar-refractivity contribution in [3.63, 3.8) is 0 Å². The van der Waals surface area contributed by atoms with Crippen molar-refractivity contribution in [3.8, 4) is 0 Å². The summed E-state index contributed by atoms with van der Waals surface area (Å²) in [4.78, 5) is 2.65. The zero-order valence-corrected chi connectivity index (χ0v) is 14.1. The molecule has 0 amide bonds. The predicted molar refractivity (Wildman–Crippen MR) is 96.9 cm³/mol. The van der Waals surface area contributed by atoms with Crippen LogP contribution in [-0.2, 0) is 13.1 Å². The molecule has 2 N–H and O–H groups in total. The van der Waals surface area contributed by atoms with Crippen molar-refractivity contribution in [2.75, 3.05) is 0 Å². The molecule has 0 aliphatic heterocycles. The third-order valence-corrected chi connectivity index (χ3v) is 5.18. The molecule has 0 spiro atoms. The average molecular weight is 308 g/mol. The Kier molecular flexibility index (Phi) is 5.47. The molecule has 3 atom stereocenters. The van der Waals surface area contributed by atoms with Crippen LogP contribution in [0.1, 0.15) is 37.3 Å². The third-order valence-electron chi connectivity index (χ3n) is 5.18. The number of nitrogens with zero attached hydrogens (tertiary/aromatic N) is 1.